The van der Waals surface area contributed by atoms with E-state index in [1.54, 1.807) is 0 Å². The van der Waals surface area contributed by atoms with Gasteiger partial charge in [-0.3, -0.25) is 0 Å². The van der Waals surface area contributed by atoms with E-state index in [2.05, 4.69) is 27.7 Å². The summed E-state index contributed by atoms with van der Waals surface area (Å²) in [4.78, 5) is 0. The summed E-state index contributed by atoms with van der Waals surface area (Å²) in [5.74, 6) is 4.11. The molecule has 0 N–H and O–H groups in total. The maximum absolute atomic E-state index is 2.46. The molecule has 78 valence electrons. The highest BCUT2D eigenvalue weighted by atomic mass is 14.4. The van der Waals surface area contributed by atoms with E-state index in [1.807, 2.05) is 0 Å². The zero-order valence-electron chi connectivity index (χ0n) is 9.84. The Kier molecular flexibility index (Phi) is 4.28. The van der Waals surface area contributed by atoms with Gasteiger partial charge in [0.2, 0.25) is 0 Å². The molecule has 0 saturated heterocycles. The number of hydrogen-bond acceptors (Lipinski definition) is 0. The van der Waals surface area contributed by atoms with Gasteiger partial charge in [0.25, 0.3) is 0 Å². The minimum Gasteiger partial charge on any atom is -0.0654 e. The SMILES string of the molecule is CCCC(CCC)C1CC(C)C1C. The predicted molar refractivity (Wildman–Crippen MR) is 59.7 cm³/mol. The van der Waals surface area contributed by atoms with Crippen LogP contribution in [-0.2, 0) is 0 Å². The first-order valence-electron chi connectivity index (χ1n) is 6.20. The second-order valence-corrected chi connectivity index (χ2v) is 5.07. The van der Waals surface area contributed by atoms with Crippen molar-refractivity contribution < 1.29 is 0 Å². The molecular formula is C13H26. The molecule has 1 saturated carbocycles. The first kappa shape index (κ1) is 11.1. The summed E-state index contributed by atoms with van der Waals surface area (Å²) in [5, 5.41) is 0. The van der Waals surface area contributed by atoms with Crippen LogP contribution in [0.2, 0.25) is 0 Å². The summed E-state index contributed by atoms with van der Waals surface area (Å²) in [6.45, 7) is 9.53. The van der Waals surface area contributed by atoms with Crippen molar-refractivity contribution in [1.29, 1.82) is 0 Å². The van der Waals surface area contributed by atoms with Crippen molar-refractivity contribution in [2.24, 2.45) is 23.7 Å². The molecule has 3 atom stereocenters. The molecule has 0 heterocycles. The van der Waals surface area contributed by atoms with E-state index in [-0.39, 0.29) is 0 Å². The molecule has 0 aromatic carbocycles. The Bertz CT molecular complexity index is 133. The normalized spacial score (nSPS) is 33.5. The minimum atomic E-state index is 1.00. The molecular weight excluding hydrogens is 156 g/mol. The van der Waals surface area contributed by atoms with Gasteiger partial charge in [-0.2, -0.15) is 0 Å². The van der Waals surface area contributed by atoms with Crippen molar-refractivity contribution in [3.63, 3.8) is 0 Å². The molecule has 1 aliphatic carbocycles. The quantitative estimate of drug-likeness (QED) is 0.587. The van der Waals surface area contributed by atoms with Crippen LogP contribution in [0.1, 0.15) is 59.8 Å². The van der Waals surface area contributed by atoms with Crippen LogP contribution < -0.4 is 0 Å². The van der Waals surface area contributed by atoms with Gasteiger partial charge in [0.15, 0.2) is 0 Å². The monoisotopic (exact) mass is 182 g/mol. The Labute approximate surface area is 84.1 Å². The van der Waals surface area contributed by atoms with Crippen molar-refractivity contribution >= 4 is 0 Å². The highest BCUT2D eigenvalue weighted by molar-refractivity contribution is 4.87. The molecule has 1 rings (SSSR count). The molecule has 0 heteroatoms. The van der Waals surface area contributed by atoms with Crippen molar-refractivity contribution in [3.8, 4) is 0 Å². The fraction of sp³-hybridized carbons (Fsp3) is 1.00. The smallest absolute Gasteiger partial charge is 0.0355 e. The summed E-state index contributed by atoms with van der Waals surface area (Å²) in [6.07, 6.45) is 7.20. The van der Waals surface area contributed by atoms with Gasteiger partial charge < -0.3 is 0 Å². The molecule has 0 spiro atoms. The lowest BCUT2D eigenvalue weighted by Crippen LogP contribution is -2.37. The lowest BCUT2D eigenvalue weighted by Gasteiger charge is -2.45. The Balaban J connectivity index is 2.36. The van der Waals surface area contributed by atoms with E-state index in [9.17, 15) is 0 Å². The Morgan fingerprint density at radius 2 is 1.62 bits per heavy atom. The Morgan fingerprint density at radius 3 is 1.92 bits per heavy atom. The summed E-state index contributed by atoms with van der Waals surface area (Å²) >= 11 is 0. The molecule has 1 aliphatic rings. The van der Waals surface area contributed by atoms with E-state index in [1.165, 1.54) is 32.1 Å². The fourth-order valence-corrected chi connectivity index (χ4v) is 3.02. The van der Waals surface area contributed by atoms with Crippen molar-refractivity contribution in [1.82, 2.24) is 0 Å². The van der Waals surface area contributed by atoms with Crippen LogP contribution in [0.15, 0.2) is 0 Å². The van der Waals surface area contributed by atoms with Crippen LogP contribution in [0, 0.1) is 23.7 Å². The second kappa shape index (κ2) is 5.02. The van der Waals surface area contributed by atoms with E-state index < -0.39 is 0 Å². The van der Waals surface area contributed by atoms with Crippen LogP contribution in [0.4, 0.5) is 0 Å². The zero-order chi connectivity index (χ0) is 9.84. The van der Waals surface area contributed by atoms with Gasteiger partial charge >= 0.3 is 0 Å². The fourth-order valence-electron chi connectivity index (χ4n) is 3.02. The maximum atomic E-state index is 2.46. The van der Waals surface area contributed by atoms with Crippen molar-refractivity contribution in [2.75, 3.05) is 0 Å². The van der Waals surface area contributed by atoms with Crippen molar-refractivity contribution in [2.45, 2.75) is 59.8 Å². The van der Waals surface area contributed by atoms with Gasteiger partial charge in [0, 0.05) is 0 Å². The molecule has 0 nitrogen and oxygen atoms in total. The molecule has 0 aliphatic heterocycles. The average Bonchev–Trinajstić information content (AvgIpc) is 2.13. The Hall–Kier alpha value is 0. The summed E-state index contributed by atoms with van der Waals surface area (Å²) < 4.78 is 0. The topological polar surface area (TPSA) is 0 Å². The van der Waals surface area contributed by atoms with Gasteiger partial charge in [-0.1, -0.05) is 53.4 Å². The third kappa shape index (κ3) is 2.48. The summed E-state index contributed by atoms with van der Waals surface area (Å²) in [5.41, 5.74) is 0. The van der Waals surface area contributed by atoms with Crippen molar-refractivity contribution in [3.05, 3.63) is 0 Å². The zero-order valence-corrected chi connectivity index (χ0v) is 9.84. The van der Waals surface area contributed by atoms with E-state index in [0.717, 1.165) is 23.7 Å². The molecule has 0 bridgehead atoms. The highest BCUT2D eigenvalue weighted by Gasteiger charge is 2.38. The molecule has 0 aromatic heterocycles. The molecule has 13 heavy (non-hydrogen) atoms. The largest absolute Gasteiger partial charge is 0.0654 e. The minimum absolute atomic E-state index is 1.00. The van der Waals surface area contributed by atoms with Crippen LogP contribution in [0.5, 0.6) is 0 Å². The summed E-state index contributed by atoms with van der Waals surface area (Å²) in [7, 11) is 0. The van der Waals surface area contributed by atoms with Crippen LogP contribution in [0.3, 0.4) is 0 Å². The molecule has 0 radical (unpaired) electrons. The first-order chi connectivity index (χ1) is 6.20. The molecule has 3 unspecified atom stereocenters. The van der Waals surface area contributed by atoms with Gasteiger partial charge in [0.05, 0.1) is 0 Å². The number of hydrogen-bond donors (Lipinski definition) is 0. The number of rotatable bonds is 5. The van der Waals surface area contributed by atoms with Crippen LogP contribution in [0.25, 0.3) is 0 Å². The van der Waals surface area contributed by atoms with E-state index in [0.29, 0.717) is 0 Å². The summed E-state index contributed by atoms with van der Waals surface area (Å²) in [6, 6.07) is 0. The predicted octanol–water partition coefficient (Wildman–Crippen LogP) is 4.49. The Morgan fingerprint density at radius 1 is 1.08 bits per heavy atom. The van der Waals surface area contributed by atoms with Gasteiger partial charge in [-0.15, -0.1) is 0 Å². The lowest BCUT2D eigenvalue weighted by molar-refractivity contribution is 0.0397. The van der Waals surface area contributed by atoms with Gasteiger partial charge in [-0.05, 0) is 30.1 Å². The van der Waals surface area contributed by atoms with Gasteiger partial charge in [-0.25, -0.2) is 0 Å². The molecule has 0 aromatic rings. The lowest BCUT2D eigenvalue weighted by atomic mass is 9.60. The molecule has 0 amide bonds. The highest BCUT2D eigenvalue weighted by Crippen LogP contribution is 2.46. The average molecular weight is 182 g/mol. The molecule has 1 fully saturated rings. The van der Waals surface area contributed by atoms with Crippen LogP contribution in [-0.4, -0.2) is 0 Å². The third-order valence-corrected chi connectivity index (χ3v) is 4.14. The van der Waals surface area contributed by atoms with Crippen LogP contribution >= 0.6 is 0 Å². The maximum Gasteiger partial charge on any atom is -0.0355 e. The standard InChI is InChI=1S/C13H26/c1-5-7-12(8-6-2)13-9-10(3)11(13)4/h10-13H,5-9H2,1-4H3. The van der Waals surface area contributed by atoms with E-state index >= 15 is 0 Å². The second-order valence-electron chi connectivity index (χ2n) is 5.07. The van der Waals surface area contributed by atoms with E-state index in [4.69, 9.17) is 0 Å². The first-order valence-corrected chi connectivity index (χ1v) is 6.20. The van der Waals surface area contributed by atoms with Gasteiger partial charge in [0.1, 0.15) is 0 Å². The third-order valence-electron chi connectivity index (χ3n) is 4.14.